The van der Waals surface area contributed by atoms with E-state index in [1.54, 1.807) is 31.4 Å². The van der Waals surface area contributed by atoms with Crippen LogP contribution in [0.1, 0.15) is 12.2 Å². The van der Waals surface area contributed by atoms with Crippen molar-refractivity contribution in [3.05, 3.63) is 48.3 Å². The van der Waals surface area contributed by atoms with Crippen molar-refractivity contribution in [1.29, 1.82) is 0 Å². The number of rotatable bonds is 10. The largest absolute Gasteiger partial charge is 0.497 e. The molecule has 2 aromatic carbocycles. The second kappa shape index (κ2) is 10.0. The smallest absolute Gasteiger partial charge is 0.242 e. The van der Waals surface area contributed by atoms with Gasteiger partial charge in [0.1, 0.15) is 23.9 Å². The first-order chi connectivity index (χ1) is 15.2. The molecule has 0 radical (unpaired) electrons. The van der Waals surface area contributed by atoms with Gasteiger partial charge in [-0.05, 0) is 30.3 Å². The summed E-state index contributed by atoms with van der Waals surface area (Å²) in [6.07, 6.45) is 0.697. The van der Waals surface area contributed by atoms with Crippen molar-refractivity contribution in [3.63, 3.8) is 0 Å². The molecule has 9 nitrogen and oxygen atoms in total. The maximum absolute atomic E-state index is 12.4. The van der Waals surface area contributed by atoms with Gasteiger partial charge >= 0.3 is 0 Å². The van der Waals surface area contributed by atoms with Crippen molar-refractivity contribution < 1.29 is 22.7 Å². The van der Waals surface area contributed by atoms with Crippen LogP contribution in [0.2, 0.25) is 0 Å². The molecule has 1 N–H and O–H groups in total. The predicted octanol–water partition coefficient (Wildman–Crippen LogP) is 1.96. The van der Waals surface area contributed by atoms with Crippen molar-refractivity contribution in [2.45, 2.75) is 17.7 Å². The Labute approximate surface area is 188 Å². The molecule has 0 saturated carbocycles. The molecule has 0 atom stereocenters. The van der Waals surface area contributed by atoms with Crippen molar-refractivity contribution in [1.82, 2.24) is 19.2 Å². The fourth-order valence-corrected chi connectivity index (χ4v) is 4.11. The lowest BCUT2D eigenvalue weighted by molar-refractivity contribution is -0.121. The number of nitrogens with zero attached hydrogens (tertiary/aromatic N) is 3. The van der Waals surface area contributed by atoms with Gasteiger partial charge in [-0.15, -0.1) is 0 Å². The number of benzene rings is 2. The SMILES string of the molecule is COc1cccc(OCCNC(=O)CCc2nc3cc(S(=O)(=O)N(C)C)ccc3n2C)c1. The van der Waals surface area contributed by atoms with Gasteiger partial charge in [0, 0.05) is 40.1 Å². The number of methoxy groups -OCH3 is 1. The third-order valence-corrected chi connectivity index (χ3v) is 6.84. The Balaban J connectivity index is 1.53. The lowest BCUT2D eigenvalue weighted by atomic mass is 10.3. The number of carbonyl (C=O) groups excluding carboxylic acids is 1. The fourth-order valence-electron chi connectivity index (χ4n) is 3.19. The van der Waals surface area contributed by atoms with E-state index < -0.39 is 10.0 Å². The van der Waals surface area contributed by atoms with Gasteiger partial charge in [0.15, 0.2) is 0 Å². The third-order valence-electron chi connectivity index (χ3n) is 5.03. The van der Waals surface area contributed by atoms with E-state index in [0.29, 0.717) is 42.4 Å². The first kappa shape index (κ1) is 23.6. The second-order valence-corrected chi connectivity index (χ2v) is 9.55. The molecule has 0 unspecified atom stereocenters. The average molecular weight is 461 g/mol. The number of aromatic nitrogens is 2. The zero-order chi connectivity index (χ0) is 23.3. The fraction of sp³-hybridized carbons (Fsp3) is 0.364. The molecule has 172 valence electrons. The Morgan fingerprint density at radius 1 is 1.16 bits per heavy atom. The summed E-state index contributed by atoms with van der Waals surface area (Å²) in [7, 11) is 2.89. The lowest BCUT2D eigenvalue weighted by Crippen LogP contribution is -2.28. The number of imidazole rings is 1. The van der Waals surface area contributed by atoms with E-state index in [1.807, 2.05) is 29.8 Å². The number of amides is 1. The van der Waals surface area contributed by atoms with E-state index in [9.17, 15) is 13.2 Å². The summed E-state index contributed by atoms with van der Waals surface area (Å²) in [6, 6.07) is 12.1. The van der Waals surface area contributed by atoms with Gasteiger partial charge in [-0.2, -0.15) is 0 Å². The number of ether oxygens (including phenoxy) is 2. The summed E-state index contributed by atoms with van der Waals surface area (Å²) in [5.41, 5.74) is 1.39. The van der Waals surface area contributed by atoms with Gasteiger partial charge in [0.05, 0.1) is 29.6 Å². The first-order valence-corrected chi connectivity index (χ1v) is 11.6. The van der Waals surface area contributed by atoms with Crippen molar-refractivity contribution in [3.8, 4) is 11.5 Å². The van der Waals surface area contributed by atoms with Crippen molar-refractivity contribution in [2.24, 2.45) is 7.05 Å². The molecule has 3 rings (SSSR count). The molecule has 0 aliphatic rings. The molecule has 10 heteroatoms. The van der Waals surface area contributed by atoms with Crippen LogP contribution in [0.4, 0.5) is 0 Å². The summed E-state index contributed by atoms with van der Waals surface area (Å²) in [5.74, 6) is 1.98. The molecule has 0 spiro atoms. The number of carbonyl (C=O) groups is 1. The Morgan fingerprint density at radius 2 is 1.91 bits per heavy atom. The molecule has 0 aliphatic carbocycles. The number of nitrogens with one attached hydrogen (secondary N) is 1. The Kier molecular flexibility index (Phi) is 7.37. The molecule has 32 heavy (non-hydrogen) atoms. The normalized spacial score (nSPS) is 11.7. The maximum atomic E-state index is 12.4. The number of sulfonamides is 1. The van der Waals surface area contributed by atoms with Crippen LogP contribution in [0.15, 0.2) is 47.4 Å². The minimum absolute atomic E-state index is 0.109. The number of fused-ring (bicyclic) bond motifs is 1. The second-order valence-electron chi connectivity index (χ2n) is 7.40. The molecule has 1 aromatic heterocycles. The molecule has 3 aromatic rings. The molecule has 0 bridgehead atoms. The summed E-state index contributed by atoms with van der Waals surface area (Å²) in [6.45, 7) is 0.721. The summed E-state index contributed by atoms with van der Waals surface area (Å²) in [4.78, 5) is 16.9. The van der Waals surface area contributed by atoms with E-state index in [2.05, 4.69) is 10.3 Å². The zero-order valence-corrected chi connectivity index (χ0v) is 19.5. The van der Waals surface area contributed by atoms with Crippen LogP contribution in [0, 0.1) is 0 Å². The van der Waals surface area contributed by atoms with Crippen LogP contribution in [-0.2, 0) is 28.3 Å². The van der Waals surface area contributed by atoms with Crippen molar-refractivity contribution >= 4 is 27.0 Å². The van der Waals surface area contributed by atoms with Gasteiger partial charge in [-0.25, -0.2) is 17.7 Å². The summed E-state index contributed by atoms with van der Waals surface area (Å²) >= 11 is 0. The zero-order valence-electron chi connectivity index (χ0n) is 18.7. The lowest BCUT2D eigenvalue weighted by Gasteiger charge is -2.10. The summed E-state index contributed by atoms with van der Waals surface area (Å²) < 4.78 is 38.5. The minimum Gasteiger partial charge on any atom is -0.497 e. The highest BCUT2D eigenvalue weighted by molar-refractivity contribution is 7.89. The average Bonchev–Trinajstić information content (AvgIpc) is 3.10. The van der Waals surface area contributed by atoms with Gasteiger partial charge in [0.25, 0.3) is 0 Å². The van der Waals surface area contributed by atoms with Crippen molar-refractivity contribution in [2.75, 3.05) is 34.4 Å². The number of hydrogen-bond acceptors (Lipinski definition) is 6. The minimum atomic E-state index is -3.53. The number of hydrogen-bond donors (Lipinski definition) is 1. The first-order valence-electron chi connectivity index (χ1n) is 10.1. The Hall–Kier alpha value is -3.11. The monoisotopic (exact) mass is 460 g/mol. The molecule has 0 fully saturated rings. The van der Waals surface area contributed by atoms with Crippen LogP contribution in [-0.4, -0.2) is 62.5 Å². The highest BCUT2D eigenvalue weighted by atomic mass is 32.2. The predicted molar refractivity (Wildman–Crippen MR) is 121 cm³/mol. The van der Waals surface area contributed by atoms with Crippen LogP contribution >= 0.6 is 0 Å². The van der Waals surface area contributed by atoms with Crippen LogP contribution in [0.25, 0.3) is 11.0 Å². The van der Waals surface area contributed by atoms with Gasteiger partial charge in [-0.3, -0.25) is 4.79 Å². The maximum Gasteiger partial charge on any atom is 0.242 e. The van der Waals surface area contributed by atoms with Crippen LogP contribution in [0.5, 0.6) is 11.5 Å². The highest BCUT2D eigenvalue weighted by Crippen LogP contribution is 2.22. The third kappa shape index (κ3) is 5.38. The highest BCUT2D eigenvalue weighted by Gasteiger charge is 2.19. The molecule has 1 heterocycles. The van der Waals surface area contributed by atoms with Gasteiger partial charge in [0.2, 0.25) is 15.9 Å². The van der Waals surface area contributed by atoms with Gasteiger partial charge < -0.3 is 19.4 Å². The summed E-state index contributed by atoms with van der Waals surface area (Å²) in [5, 5.41) is 2.83. The van der Waals surface area contributed by atoms with E-state index in [0.717, 1.165) is 5.52 Å². The molecule has 0 saturated heterocycles. The van der Waals surface area contributed by atoms with Crippen LogP contribution in [0.3, 0.4) is 0 Å². The molecule has 1 amide bonds. The Bertz CT molecular complexity index is 1200. The van der Waals surface area contributed by atoms with Gasteiger partial charge in [-0.1, -0.05) is 6.07 Å². The topological polar surface area (TPSA) is 103 Å². The quantitative estimate of drug-likeness (QED) is 0.464. The molecule has 0 aliphatic heterocycles. The molecular weight excluding hydrogens is 432 g/mol. The van der Waals surface area contributed by atoms with E-state index in [-0.39, 0.29) is 17.2 Å². The molecular formula is C22H28N4O5S. The van der Waals surface area contributed by atoms with Crippen LogP contribution < -0.4 is 14.8 Å². The Morgan fingerprint density at radius 3 is 2.62 bits per heavy atom. The standard InChI is InChI=1S/C22H28N4O5S/c1-25(2)32(28,29)18-8-9-20-19(15-18)24-21(26(20)3)10-11-22(27)23-12-13-31-17-7-5-6-16(14-17)30-4/h5-9,14-15H,10-13H2,1-4H3,(H,23,27). The van der Waals surface area contributed by atoms with E-state index in [1.165, 1.54) is 18.4 Å². The van der Waals surface area contributed by atoms with E-state index in [4.69, 9.17) is 9.47 Å². The number of aryl methyl sites for hydroxylation is 2. The van der Waals surface area contributed by atoms with E-state index >= 15 is 0 Å².